The second-order valence-electron chi connectivity index (χ2n) is 7.67. The maximum absolute atomic E-state index is 11.8. The third-order valence-corrected chi connectivity index (χ3v) is 6.65. The van der Waals surface area contributed by atoms with E-state index in [1.165, 1.54) is 17.7 Å². The second-order valence-corrected chi connectivity index (χ2v) is 8.65. The highest BCUT2D eigenvalue weighted by Crippen LogP contribution is 2.37. The van der Waals surface area contributed by atoms with Crippen LogP contribution in [0.25, 0.3) is 0 Å². The molecule has 1 amide bonds. The van der Waals surface area contributed by atoms with Crippen LogP contribution in [0.1, 0.15) is 43.5 Å². The van der Waals surface area contributed by atoms with E-state index in [1.54, 1.807) is 4.90 Å². The highest BCUT2D eigenvalue weighted by Gasteiger charge is 2.31. The normalized spacial score (nSPS) is 24.1. The van der Waals surface area contributed by atoms with Crippen molar-refractivity contribution >= 4 is 47.4 Å². The van der Waals surface area contributed by atoms with Crippen molar-refractivity contribution in [1.29, 1.82) is 0 Å². The molecule has 2 saturated heterocycles. The van der Waals surface area contributed by atoms with Crippen molar-refractivity contribution in [2.24, 2.45) is 16.6 Å². The number of guanidine groups is 1. The number of piperidine rings is 2. The summed E-state index contributed by atoms with van der Waals surface area (Å²) in [5, 5.41) is 5.50. The molecule has 0 spiro atoms. The summed E-state index contributed by atoms with van der Waals surface area (Å²) in [5.74, 6) is 1.01. The maximum atomic E-state index is 11.8. The number of amides is 1. The van der Waals surface area contributed by atoms with Crippen LogP contribution < -0.4 is 11.1 Å². The molecule has 0 radical (unpaired) electrons. The Hall–Kier alpha value is -1.07. The minimum Gasteiger partial charge on any atom is -0.450 e. The summed E-state index contributed by atoms with van der Waals surface area (Å²) in [6, 6.07) is 5.04. The Bertz CT molecular complexity index is 649. The van der Waals surface area contributed by atoms with Crippen molar-refractivity contribution in [1.82, 2.24) is 15.1 Å². The van der Waals surface area contributed by atoms with Gasteiger partial charge in [0.05, 0.1) is 6.61 Å². The minimum absolute atomic E-state index is 0. The standard InChI is InChI=1S/C20H33N5O2S.HI/c1-3-27-20(26)25-11-8-16(9-12-25)23-19(21)22-14-15-6-4-10-24(2)18(15)17-7-5-13-28-17;/h5,7,13,15-16,18H,3-4,6,8-12,14H2,1-2H3,(H3,21,22,23);1H. The molecule has 2 fully saturated rings. The van der Waals surface area contributed by atoms with E-state index in [9.17, 15) is 4.79 Å². The van der Waals surface area contributed by atoms with Crippen LogP contribution in [0, 0.1) is 5.92 Å². The average molecular weight is 535 g/mol. The zero-order valence-corrected chi connectivity index (χ0v) is 20.5. The first-order valence-electron chi connectivity index (χ1n) is 10.3. The van der Waals surface area contributed by atoms with Gasteiger partial charge in [-0.1, -0.05) is 6.07 Å². The molecule has 7 nitrogen and oxygen atoms in total. The van der Waals surface area contributed by atoms with Gasteiger partial charge in [0.1, 0.15) is 0 Å². The number of nitrogens with zero attached hydrogens (tertiary/aromatic N) is 3. The molecule has 2 atom stereocenters. The number of thiophene rings is 1. The van der Waals surface area contributed by atoms with Gasteiger partial charge in [-0.15, -0.1) is 35.3 Å². The molecule has 0 aromatic carbocycles. The zero-order chi connectivity index (χ0) is 19.9. The van der Waals surface area contributed by atoms with Gasteiger partial charge in [0, 0.05) is 36.6 Å². The van der Waals surface area contributed by atoms with Gasteiger partial charge in [0.2, 0.25) is 0 Å². The van der Waals surface area contributed by atoms with Crippen LogP contribution >= 0.6 is 35.3 Å². The van der Waals surface area contributed by atoms with Gasteiger partial charge in [-0.05, 0) is 63.6 Å². The van der Waals surface area contributed by atoms with Gasteiger partial charge in [-0.25, -0.2) is 4.79 Å². The van der Waals surface area contributed by atoms with Crippen LogP contribution in [-0.4, -0.2) is 67.7 Å². The lowest BCUT2D eigenvalue weighted by atomic mass is 9.88. The topological polar surface area (TPSA) is 83.2 Å². The predicted molar refractivity (Wildman–Crippen MR) is 129 cm³/mol. The molecule has 2 unspecified atom stereocenters. The number of halogens is 1. The Morgan fingerprint density at radius 3 is 2.76 bits per heavy atom. The second kappa shape index (κ2) is 11.9. The molecular formula is C20H34IN5O2S. The summed E-state index contributed by atoms with van der Waals surface area (Å²) in [6.45, 7) is 5.51. The van der Waals surface area contributed by atoms with Gasteiger partial charge in [0.15, 0.2) is 5.96 Å². The number of hydrogen-bond acceptors (Lipinski definition) is 5. The number of carbonyl (C=O) groups excluding carboxylic acids is 1. The van der Waals surface area contributed by atoms with Gasteiger partial charge in [-0.2, -0.15) is 0 Å². The first-order valence-corrected chi connectivity index (χ1v) is 11.2. The smallest absolute Gasteiger partial charge is 0.409 e. The summed E-state index contributed by atoms with van der Waals surface area (Å²) in [7, 11) is 2.21. The van der Waals surface area contributed by atoms with E-state index in [0.29, 0.717) is 37.6 Å². The van der Waals surface area contributed by atoms with Crippen molar-refractivity contribution in [3.8, 4) is 0 Å². The van der Waals surface area contributed by atoms with Gasteiger partial charge < -0.3 is 20.7 Å². The number of likely N-dealkylation sites (tertiary alicyclic amines) is 2. The molecular weight excluding hydrogens is 501 g/mol. The first kappa shape index (κ1) is 24.2. The van der Waals surface area contributed by atoms with Crippen LogP contribution in [-0.2, 0) is 4.74 Å². The monoisotopic (exact) mass is 535 g/mol. The zero-order valence-electron chi connectivity index (χ0n) is 17.4. The molecule has 9 heteroatoms. The molecule has 3 rings (SSSR count). The Balaban J connectivity index is 0.00000300. The fraction of sp³-hybridized carbons (Fsp3) is 0.700. The highest BCUT2D eigenvalue weighted by molar-refractivity contribution is 14.0. The lowest BCUT2D eigenvalue weighted by Crippen LogP contribution is -2.48. The van der Waals surface area contributed by atoms with Crippen molar-refractivity contribution in [2.75, 3.05) is 39.8 Å². The molecule has 0 saturated carbocycles. The Morgan fingerprint density at radius 1 is 1.34 bits per heavy atom. The number of nitrogens with one attached hydrogen (secondary N) is 1. The number of nitrogens with two attached hydrogens (primary N) is 1. The average Bonchev–Trinajstić information content (AvgIpc) is 3.21. The van der Waals surface area contributed by atoms with E-state index in [4.69, 9.17) is 10.5 Å². The van der Waals surface area contributed by atoms with Crippen LogP contribution in [0.5, 0.6) is 0 Å². The molecule has 3 N–H and O–H groups in total. The summed E-state index contributed by atoms with van der Waals surface area (Å²) < 4.78 is 5.07. The van der Waals surface area contributed by atoms with E-state index in [1.807, 2.05) is 18.3 Å². The lowest BCUT2D eigenvalue weighted by Gasteiger charge is -2.38. The van der Waals surface area contributed by atoms with E-state index in [2.05, 4.69) is 39.8 Å². The van der Waals surface area contributed by atoms with Crippen LogP contribution in [0.3, 0.4) is 0 Å². The number of hydrogen-bond donors (Lipinski definition) is 2. The maximum Gasteiger partial charge on any atom is 0.409 e. The molecule has 0 bridgehead atoms. The third kappa shape index (κ3) is 6.71. The quantitative estimate of drug-likeness (QED) is 0.344. The van der Waals surface area contributed by atoms with Crippen molar-refractivity contribution in [3.05, 3.63) is 22.4 Å². The van der Waals surface area contributed by atoms with E-state index in [0.717, 1.165) is 25.9 Å². The van der Waals surface area contributed by atoms with Crippen LogP contribution in [0.2, 0.25) is 0 Å². The number of aliphatic imine (C=N–C) groups is 1. The highest BCUT2D eigenvalue weighted by atomic mass is 127. The summed E-state index contributed by atoms with van der Waals surface area (Å²) in [5.41, 5.74) is 6.19. The minimum atomic E-state index is -0.219. The molecule has 2 aliphatic heterocycles. The Morgan fingerprint density at radius 2 is 2.10 bits per heavy atom. The van der Waals surface area contributed by atoms with E-state index < -0.39 is 0 Å². The molecule has 164 valence electrons. The van der Waals surface area contributed by atoms with Crippen LogP contribution in [0.15, 0.2) is 22.5 Å². The Labute approximate surface area is 195 Å². The Kier molecular flexibility index (Phi) is 9.97. The SMILES string of the molecule is CCOC(=O)N1CCC(NC(N)=NCC2CCCN(C)C2c2cccs2)CC1.I. The number of carbonyl (C=O) groups is 1. The van der Waals surface area contributed by atoms with E-state index >= 15 is 0 Å². The summed E-state index contributed by atoms with van der Waals surface area (Å²) in [4.78, 5) is 22.1. The molecule has 0 aliphatic carbocycles. The fourth-order valence-electron chi connectivity index (χ4n) is 4.25. The first-order chi connectivity index (χ1) is 13.6. The molecule has 2 aliphatic rings. The van der Waals surface area contributed by atoms with E-state index in [-0.39, 0.29) is 36.1 Å². The van der Waals surface area contributed by atoms with Crippen molar-refractivity contribution in [3.63, 3.8) is 0 Å². The summed E-state index contributed by atoms with van der Waals surface area (Å²) >= 11 is 1.83. The molecule has 1 aromatic rings. The van der Waals surface area contributed by atoms with Gasteiger partial charge >= 0.3 is 6.09 Å². The van der Waals surface area contributed by atoms with Crippen molar-refractivity contribution in [2.45, 2.75) is 44.7 Å². The van der Waals surface area contributed by atoms with Gasteiger partial charge in [0.25, 0.3) is 0 Å². The number of rotatable bonds is 5. The summed E-state index contributed by atoms with van der Waals surface area (Å²) in [6.07, 6.45) is 3.89. The number of ether oxygens (including phenoxy) is 1. The van der Waals surface area contributed by atoms with Crippen molar-refractivity contribution < 1.29 is 9.53 Å². The van der Waals surface area contributed by atoms with Gasteiger partial charge in [-0.3, -0.25) is 9.89 Å². The molecule has 1 aromatic heterocycles. The predicted octanol–water partition coefficient (Wildman–Crippen LogP) is 3.27. The molecule has 3 heterocycles. The fourth-order valence-corrected chi connectivity index (χ4v) is 5.23. The molecule has 29 heavy (non-hydrogen) atoms. The van der Waals surface area contributed by atoms with Crippen LogP contribution in [0.4, 0.5) is 4.79 Å². The third-order valence-electron chi connectivity index (χ3n) is 5.71. The largest absolute Gasteiger partial charge is 0.450 e. The lowest BCUT2D eigenvalue weighted by molar-refractivity contribution is 0.0963.